The summed E-state index contributed by atoms with van der Waals surface area (Å²) in [5, 5.41) is 0. The maximum Gasteiger partial charge on any atom is 0.537 e. The van der Waals surface area contributed by atoms with E-state index in [4.69, 9.17) is 0 Å². The first-order chi connectivity index (χ1) is 9.89. The third-order valence-electron chi connectivity index (χ3n) is 2.17. The molecule has 0 aromatic heterocycles. The molecule has 0 aromatic rings. The Morgan fingerprint density at radius 2 is 1.73 bits per heavy atom. The monoisotopic (exact) mass is 355 g/mol. The summed E-state index contributed by atoms with van der Waals surface area (Å²) in [4.78, 5) is 2.34. The largest absolute Gasteiger partial charge is 0.537 e. The minimum absolute atomic E-state index is 1.09. The van der Waals surface area contributed by atoms with E-state index in [-0.39, 0.29) is 0 Å². The first-order valence-corrected chi connectivity index (χ1v) is 7.46. The molecule has 4 nitrogen and oxygen atoms in total. The van der Waals surface area contributed by atoms with E-state index < -0.39 is 22.0 Å². The van der Waals surface area contributed by atoms with Gasteiger partial charge in [0, 0.05) is 13.1 Å². The molecule has 1 heterocycles. The number of halogens is 6. The van der Waals surface area contributed by atoms with Crippen LogP contribution in [0.1, 0.15) is 19.8 Å². The summed E-state index contributed by atoms with van der Waals surface area (Å²) in [6, 6.07) is 0. The predicted octanol–water partition coefficient (Wildman–Crippen LogP) is 3.54. The van der Waals surface area contributed by atoms with Crippen LogP contribution in [0.4, 0.5) is 26.3 Å². The van der Waals surface area contributed by atoms with Gasteiger partial charge < -0.3 is 4.90 Å². The van der Waals surface area contributed by atoms with E-state index in [9.17, 15) is 34.8 Å². The lowest BCUT2D eigenvalue weighted by molar-refractivity contribution is -0.277. The van der Waals surface area contributed by atoms with Gasteiger partial charge in [-0.15, -0.1) is 13.2 Å². The SMILES string of the molecule is CCCCN1C=CC=CC1.O=S(=O)(OC(F)(F)F)C(F)(F)F. The van der Waals surface area contributed by atoms with Crippen LogP contribution < -0.4 is 0 Å². The first-order valence-electron chi connectivity index (χ1n) is 6.05. The number of allylic oxidation sites excluding steroid dienone is 2. The van der Waals surface area contributed by atoms with Gasteiger partial charge in [0.2, 0.25) is 0 Å². The minimum Gasteiger partial charge on any atom is -0.374 e. The molecule has 0 fully saturated rings. The van der Waals surface area contributed by atoms with E-state index in [1.54, 1.807) is 0 Å². The molecule has 0 saturated heterocycles. The van der Waals surface area contributed by atoms with Crippen molar-refractivity contribution in [1.29, 1.82) is 0 Å². The second-order valence-electron chi connectivity index (χ2n) is 4.05. The fraction of sp³-hybridized carbons (Fsp3) is 0.636. The molecule has 130 valence electrons. The van der Waals surface area contributed by atoms with E-state index in [2.05, 4.69) is 36.3 Å². The molecule has 0 aliphatic carbocycles. The molecule has 1 aliphatic heterocycles. The number of unbranched alkanes of at least 4 members (excludes halogenated alkanes) is 1. The van der Waals surface area contributed by atoms with Gasteiger partial charge in [-0.05, 0) is 18.7 Å². The summed E-state index contributed by atoms with van der Waals surface area (Å²) in [6.45, 7) is 4.53. The van der Waals surface area contributed by atoms with Crippen LogP contribution in [0.25, 0.3) is 0 Å². The molecule has 0 atom stereocenters. The van der Waals surface area contributed by atoms with Crippen molar-refractivity contribution < 1.29 is 38.9 Å². The normalized spacial score (nSPS) is 15.5. The molecular formula is C11H15F6NO3S. The lowest BCUT2D eigenvalue weighted by Gasteiger charge is -2.19. The third kappa shape index (κ3) is 8.93. The van der Waals surface area contributed by atoms with Gasteiger partial charge in [0.25, 0.3) is 0 Å². The Morgan fingerprint density at radius 3 is 2.05 bits per heavy atom. The van der Waals surface area contributed by atoms with E-state index in [1.165, 1.54) is 19.4 Å². The predicted molar refractivity (Wildman–Crippen MR) is 66.9 cm³/mol. The highest BCUT2D eigenvalue weighted by Crippen LogP contribution is 2.30. The zero-order valence-corrected chi connectivity index (χ0v) is 12.3. The Bertz CT molecular complexity index is 481. The van der Waals surface area contributed by atoms with Crippen molar-refractivity contribution in [2.75, 3.05) is 13.1 Å². The van der Waals surface area contributed by atoms with Crippen LogP contribution in [-0.2, 0) is 14.3 Å². The van der Waals surface area contributed by atoms with Crippen LogP contribution >= 0.6 is 0 Å². The Labute approximate surface area is 124 Å². The highest BCUT2D eigenvalue weighted by Gasteiger charge is 2.53. The zero-order chi connectivity index (χ0) is 17.4. The molecular weight excluding hydrogens is 340 g/mol. The van der Waals surface area contributed by atoms with Crippen LogP contribution in [0.2, 0.25) is 0 Å². The summed E-state index contributed by atoms with van der Waals surface area (Å²) in [5.41, 5.74) is -6.07. The molecule has 1 rings (SSSR count). The van der Waals surface area contributed by atoms with Crippen molar-refractivity contribution in [3.63, 3.8) is 0 Å². The molecule has 0 N–H and O–H groups in total. The van der Waals surface area contributed by atoms with E-state index >= 15 is 0 Å². The second-order valence-corrected chi connectivity index (χ2v) is 5.58. The second kappa shape index (κ2) is 8.42. The van der Waals surface area contributed by atoms with Gasteiger partial charge in [-0.1, -0.05) is 25.5 Å². The fourth-order valence-corrected chi connectivity index (χ4v) is 1.55. The summed E-state index contributed by atoms with van der Waals surface area (Å²) in [5.74, 6) is 0. The van der Waals surface area contributed by atoms with Crippen LogP contribution in [0.5, 0.6) is 0 Å². The highest BCUT2D eigenvalue weighted by atomic mass is 32.2. The minimum atomic E-state index is -6.58. The molecule has 22 heavy (non-hydrogen) atoms. The van der Waals surface area contributed by atoms with Crippen molar-refractivity contribution in [3.05, 3.63) is 24.4 Å². The Kier molecular flexibility index (Phi) is 7.94. The molecule has 0 unspecified atom stereocenters. The molecule has 11 heteroatoms. The molecule has 0 spiro atoms. The van der Waals surface area contributed by atoms with Gasteiger partial charge in [0.15, 0.2) is 0 Å². The molecule has 1 aliphatic rings. The Balaban J connectivity index is 0.000000406. The average Bonchev–Trinajstić information content (AvgIpc) is 2.34. The molecule has 0 bridgehead atoms. The maximum atomic E-state index is 11.2. The fourth-order valence-electron chi connectivity index (χ4n) is 1.21. The van der Waals surface area contributed by atoms with Crippen molar-refractivity contribution in [1.82, 2.24) is 4.90 Å². The van der Waals surface area contributed by atoms with Crippen LogP contribution in [0.15, 0.2) is 24.4 Å². The number of nitrogens with zero attached hydrogens (tertiary/aromatic N) is 1. The third-order valence-corrected chi connectivity index (χ3v) is 3.15. The van der Waals surface area contributed by atoms with Crippen LogP contribution in [0.3, 0.4) is 0 Å². The summed E-state index contributed by atoms with van der Waals surface area (Å²) in [7, 11) is -6.58. The topological polar surface area (TPSA) is 46.6 Å². The molecule has 0 radical (unpaired) electrons. The van der Waals surface area contributed by atoms with Crippen molar-refractivity contribution >= 4 is 10.1 Å². The quantitative estimate of drug-likeness (QED) is 0.440. The molecule has 0 amide bonds. The first kappa shape index (κ1) is 20.8. The van der Waals surface area contributed by atoms with Crippen molar-refractivity contribution in [2.24, 2.45) is 0 Å². The van der Waals surface area contributed by atoms with Gasteiger partial charge in [0.1, 0.15) is 0 Å². The maximum absolute atomic E-state index is 11.2. The highest BCUT2D eigenvalue weighted by molar-refractivity contribution is 7.87. The lowest BCUT2D eigenvalue weighted by atomic mass is 10.3. The Morgan fingerprint density at radius 1 is 1.14 bits per heavy atom. The zero-order valence-electron chi connectivity index (χ0n) is 11.5. The lowest BCUT2D eigenvalue weighted by Crippen LogP contribution is -2.31. The van der Waals surface area contributed by atoms with Crippen LogP contribution in [-0.4, -0.2) is 38.3 Å². The van der Waals surface area contributed by atoms with Crippen LogP contribution in [0, 0.1) is 0 Å². The van der Waals surface area contributed by atoms with Crippen molar-refractivity contribution in [3.8, 4) is 0 Å². The average molecular weight is 355 g/mol. The number of alkyl halides is 6. The summed E-state index contributed by atoms with van der Waals surface area (Å²) in [6.07, 6.45) is 5.27. The number of hydrogen-bond donors (Lipinski definition) is 0. The number of rotatable bonds is 4. The van der Waals surface area contributed by atoms with Gasteiger partial charge in [-0.2, -0.15) is 25.8 Å². The van der Waals surface area contributed by atoms with E-state index in [0.717, 1.165) is 6.54 Å². The van der Waals surface area contributed by atoms with E-state index in [1.807, 2.05) is 4.18 Å². The van der Waals surface area contributed by atoms with Gasteiger partial charge in [-0.3, -0.25) is 0 Å². The molecule has 0 aromatic carbocycles. The Hall–Kier alpha value is -1.23. The van der Waals surface area contributed by atoms with Crippen molar-refractivity contribution in [2.45, 2.75) is 31.6 Å². The van der Waals surface area contributed by atoms with Gasteiger partial charge >= 0.3 is 22.0 Å². The summed E-state index contributed by atoms with van der Waals surface area (Å²) < 4.78 is 87.4. The number of hydrogen-bond acceptors (Lipinski definition) is 4. The van der Waals surface area contributed by atoms with Gasteiger partial charge in [0.05, 0.1) is 0 Å². The summed E-state index contributed by atoms with van der Waals surface area (Å²) >= 11 is 0. The van der Waals surface area contributed by atoms with E-state index in [0.29, 0.717) is 0 Å². The van der Waals surface area contributed by atoms with Gasteiger partial charge in [-0.25, -0.2) is 0 Å². The molecule has 0 saturated carbocycles. The standard InChI is InChI=1S/C9H15N.C2F6O3S/c1-2-3-7-10-8-5-4-6-9-10;3-1(4,5)11-12(9,10)2(6,7)8/h4-6,8H,2-3,7,9H2,1H3;. The smallest absolute Gasteiger partial charge is 0.374 e.